The van der Waals surface area contributed by atoms with Crippen molar-refractivity contribution in [3.8, 4) is 0 Å². The van der Waals surface area contributed by atoms with Crippen LogP contribution in [0.3, 0.4) is 0 Å². The van der Waals surface area contributed by atoms with E-state index in [1.807, 2.05) is 27.7 Å². The molecule has 2 heterocycles. The van der Waals surface area contributed by atoms with Crippen molar-refractivity contribution in [3.63, 3.8) is 0 Å². The molecule has 3 heteroatoms. The van der Waals surface area contributed by atoms with Crippen molar-refractivity contribution in [3.05, 3.63) is 11.8 Å². The summed E-state index contributed by atoms with van der Waals surface area (Å²) < 4.78 is 11.3. The van der Waals surface area contributed by atoms with E-state index < -0.39 is 11.2 Å². The first-order valence-electron chi connectivity index (χ1n) is 6.01. The van der Waals surface area contributed by atoms with E-state index in [0.717, 1.165) is 25.0 Å². The van der Waals surface area contributed by atoms with Gasteiger partial charge in [0, 0.05) is 6.42 Å². The molecule has 0 spiro atoms. The Kier molecular flexibility index (Phi) is 2.59. The second kappa shape index (κ2) is 3.47. The van der Waals surface area contributed by atoms with Crippen LogP contribution in [0.2, 0.25) is 0 Å². The second-order valence-corrected chi connectivity index (χ2v) is 6.03. The van der Waals surface area contributed by atoms with Crippen LogP contribution in [-0.4, -0.2) is 28.5 Å². The van der Waals surface area contributed by atoms with E-state index in [9.17, 15) is 5.11 Å². The average Bonchev–Trinajstić information content (AvgIpc) is 2.33. The maximum atomic E-state index is 10.9. The summed E-state index contributed by atoms with van der Waals surface area (Å²) in [6.45, 7) is 8.71. The Morgan fingerprint density at radius 2 is 1.94 bits per heavy atom. The number of aliphatic hydroxyl groups is 1. The van der Waals surface area contributed by atoms with Crippen LogP contribution in [0.15, 0.2) is 11.8 Å². The lowest BCUT2D eigenvalue weighted by molar-refractivity contribution is -0.115. The lowest BCUT2D eigenvalue weighted by atomic mass is 9.75. The van der Waals surface area contributed by atoms with Gasteiger partial charge in [0.1, 0.15) is 5.60 Å². The molecular formula is C13H22O3. The molecule has 2 aliphatic rings. The minimum Gasteiger partial charge on any atom is -0.501 e. The highest BCUT2D eigenvalue weighted by atomic mass is 16.5. The van der Waals surface area contributed by atoms with Crippen LogP contribution in [0.5, 0.6) is 0 Å². The Balaban J connectivity index is 2.33. The van der Waals surface area contributed by atoms with E-state index in [0.29, 0.717) is 6.42 Å². The fraction of sp³-hybridized carbons (Fsp3) is 0.846. The van der Waals surface area contributed by atoms with Gasteiger partial charge in [0.05, 0.1) is 24.1 Å². The lowest BCUT2D eigenvalue weighted by Crippen LogP contribution is -2.48. The number of rotatable bonds is 1. The predicted molar refractivity (Wildman–Crippen MR) is 62.1 cm³/mol. The Bertz CT molecular complexity index is 317. The molecular weight excluding hydrogens is 204 g/mol. The minimum atomic E-state index is -0.892. The fourth-order valence-electron chi connectivity index (χ4n) is 3.01. The highest BCUT2D eigenvalue weighted by Crippen LogP contribution is 2.50. The zero-order chi connectivity index (χ0) is 12.0. The Hall–Kier alpha value is -0.540. The maximum Gasteiger partial charge on any atom is 0.120 e. The van der Waals surface area contributed by atoms with Crippen LogP contribution in [0.25, 0.3) is 0 Å². The van der Waals surface area contributed by atoms with Crippen molar-refractivity contribution in [2.24, 2.45) is 0 Å². The summed E-state index contributed by atoms with van der Waals surface area (Å²) in [4.78, 5) is 0. The molecule has 0 aliphatic carbocycles. The van der Waals surface area contributed by atoms with Crippen molar-refractivity contribution in [2.75, 3.05) is 6.61 Å². The number of hydrogen-bond acceptors (Lipinski definition) is 3. The van der Waals surface area contributed by atoms with Crippen LogP contribution in [0.4, 0.5) is 0 Å². The van der Waals surface area contributed by atoms with Gasteiger partial charge in [-0.2, -0.15) is 0 Å². The third kappa shape index (κ3) is 1.76. The smallest absolute Gasteiger partial charge is 0.120 e. The largest absolute Gasteiger partial charge is 0.501 e. The van der Waals surface area contributed by atoms with Gasteiger partial charge in [0.25, 0.3) is 0 Å². The van der Waals surface area contributed by atoms with Gasteiger partial charge in [-0.3, -0.25) is 0 Å². The molecule has 2 rings (SSSR count). The SMILES string of the molecule is CC1(C)CC(O)(C2=COCCC2)C(C)(C)O1. The molecule has 0 aromatic carbocycles. The third-order valence-electron chi connectivity index (χ3n) is 3.67. The summed E-state index contributed by atoms with van der Waals surface area (Å²) in [5.41, 5.74) is -0.745. The van der Waals surface area contributed by atoms with Gasteiger partial charge in [0.15, 0.2) is 0 Å². The fourth-order valence-corrected chi connectivity index (χ4v) is 3.01. The van der Waals surface area contributed by atoms with E-state index >= 15 is 0 Å². The molecule has 1 fully saturated rings. The minimum absolute atomic E-state index is 0.281. The quantitative estimate of drug-likeness (QED) is 0.746. The highest BCUT2D eigenvalue weighted by molar-refractivity contribution is 5.26. The Morgan fingerprint density at radius 1 is 1.25 bits per heavy atom. The molecule has 16 heavy (non-hydrogen) atoms. The van der Waals surface area contributed by atoms with Crippen LogP contribution in [0.1, 0.15) is 47.0 Å². The van der Waals surface area contributed by atoms with Crippen molar-refractivity contribution in [1.82, 2.24) is 0 Å². The zero-order valence-corrected chi connectivity index (χ0v) is 10.7. The van der Waals surface area contributed by atoms with Crippen molar-refractivity contribution in [2.45, 2.75) is 63.8 Å². The van der Waals surface area contributed by atoms with E-state index in [4.69, 9.17) is 9.47 Å². The molecule has 1 unspecified atom stereocenters. The predicted octanol–water partition coefficient (Wildman–Crippen LogP) is 2.39. The van der Waals surface area contributed by atoms with Gasteiger partial charge in [-0.25, -0.2) is 0 Å². The van der Waals surface area contributed by atoms with Crippen LogP contribution in [0, 0.1) is 0 Å². The summed E-state index contributed by atoms with van der Waals surface area (Å²) in [7, 11) is 0. The van der Waals surface area contributed by atoms with Crippen LogP contribution in [-0.2, 0) is 9.47 Å². The van der Waals surface area contributed by atoms with E-state index in [2.05, 4.69) is 0 Å². The Labute approximate surface area is 97.4 Å². The maximum absolute atomic E-state index is 10.9. The highest BCUT2D eigenvalue weighted by Gasteiger charge is 2.58. The molecule has 1 saturated heterocycles. The van der Waals surface area contributed by atoms with Gasteiger partial charge >= 0.3 is 0 Å². The topological polar surface area (TPSA) is 38.7 Å². The van der Waals surface area contributed by atoms with Crippen LogP contribution >= 0.6 is 0 Å². The first-order chi connectivity index (χ1) is 7.27. The molecule has 0 amide bonds. The van der Waals surface area contributed by atoms with Crippen molar-refractivity contribution in [1.29, 1.82) is 0 Å². The number of hydrogen-bond donors (Lipinski definition) is 1. The summed E-state index contributed by atoms with van der Waals surface area (Å²) in [6.07, 6.45) is 4.24. The molecule has 92 valence electrons. The zero-order valence-electron chi connectivity index (χ0n) is 10.7. The van der Waals surface area contributed by atoms with Gasteiger partial charge in [-0.05, 0) is 46.1 Å². The van der Waals surface area contributed by atoms with Gasteiger partial charge < -0.3 is 14.6 Å². The molecule has 0 radical (unpaired) electrons. The number of ether oxygens (including phenoxy) is 2. The normalized spacial score (nSPS) is 36.7. The van der Waals surface area contributed by atoms with E-state index in [-0.39, 0.29) is 5.60 Å². The summed E-state index contributed by atoms with van der Waals surface area (Å²) in [5, 5.41) is 10.9. The summed E-state index contributed by atoms with van der Waals surface area (Å²) in [5.74, 6) is 0. The van der Waals surface area contributed by atoms with Crippen LogP contribution < -0.4 is 0 Å². The van der Waals surface area contributed by atoms with Gasteiger partial charge in [-0.15, -0.1) is 0 Å². The molecule has 0 saturated carbocycles. The lowest BCUT2D eigenvalue weighted by Gasteiger charge is -2.38. The second-order valence-electron chi connectivity index (χ2n) is 6.03. The van der Waals surface area contributed by atoms with Gasteiger partial charge in [-0.1, -0.05) is 0 Å². The van der Waals surface area contributed by atoms with Gasteiger partial charge in [0.2, 0.25) is 0 Å². The molecule has 0 aromatic heterocycles. The standard InChI is InChI=1S/C13H22O3/c1-11(2)9-13(14,12(3,4)16-11)10-6-5-7-15-8-10/h8,14H,5-7,9H2,1-4H3. The van der Waals surface area contributed by atoms with Crippen molar-refractivity contribution < 1.29 is 14.6 Å². The summed E-state index contributed by atoms with van der Waals surface area (Å²) in [6, 6.07) is 0. The van der Waals surface area contributed by atoms with Crippen molar-refractivity contribution >= 4 is 0 Å². The molecule has 3 nitrogen and oxygen atoms in total. The molecule has 1 N–H and O–H groups in total. The Morgan fingerprint density at radius 3 is 2.38 bits per heavy atom. The van der Waals surface area contributed by atoms with E-state index in [1.165, 1.54) is 0 Å². The molecule has 0 aromatic rings. The van der Waals surface area contributed by atoms with E-state index in [1.54, 1.807) is 6.26 Å². The average molecular weight is 226 g/mol. The monoisotopic (exact) mass is 226 g/mol. The first kappa shape index (κ1) is 11.9. The summed E-state index contributed by atoms with van der Waals surface area (Å²) >= 11 is 0. The molecule has 0 bridgehead atoms. The third-order valence-corrected chi connectivity index (χ3v) is 3.67. The molecule has 1 atom stereocenters. The molecule has 2 aliphatic heterocycles. The first-order valence-corrected chi connectivity index (χ1v) is 6.01.